The van der Waals surface area contributed by atoms with E-state index in [9.17, 15) is 4.79 Å². The van der Waals surface area contributed by atoms with Gasteiger partial charge in [-0.2, -0.15) is 0 Å². The fraction of sp³-hybridized carbons (Fsp3) is 0.417. The lowest BCUT2D eigenvalue weighted by molar-refractivity contribution is -0.121. The van der Waals surface area contributed by atoms with E-state index in [2.05, 4.69) is 15.3 Å². The lowest BCUT2D eigenvalue weighted by Crippen LogP contribution is -2.53. The van der Waals surface area contributed by atoms with Crippen molar-refractivity contribution in [2.75, 3.05) is 37.0 Å². The van der Waals surface area contributed by atoms with E-state index in [0.29, 0.717) is 30.4 Å². The van der Waals surface area contributed by atoms with Crippen LogP contribution in [0.3, 0.4) is 0 Å². The summed E-state index contributed by atoms with van der Waals surface area (Å²) in [5.41, 5.74) is 6.15. The first-order valence-corrected chi connectivity index (χ1v) is 6.36. The Balaban J connectivity index is 2.11. The zero-order valence-corrected chi connectivity index (χ0v) is 11.1. The summed E-state index contributed by atoms with van der Waals surface area (Å²) < 4.78 is 7.19. The molecule has 8 nitrogen and oxygen atoms in total. The van der Waals surface area contributed by atoms with E-state index in [1.54, 1.807) is 13.2 Å². The molecule has 1 unspecified atom stereocenters. The summed E-state index contributed by atoms with van der Waals surface area (Å²) >= 11 is 0. The maximum Gasteiger partial charge on any atom is 0.242 e. The van der Waals surface area contributed by atoms with E-state index in [1.807, 2.05) is 21.7 Å². The Hall–Kier alpha value is -2.35. The monoisotopic (exact) mass is 276 g/mol. The second kappa shape index (κ2) is 4.97. The number of hydrogen-bond acceptors (Lipinski definition) is 6. The number of anilines is 2. The third kappa shape index (κ3) is 2.03. The van der Waals surface area contributed by atoms with Crippen LogP contribution < -0.4 is 16.0 Å². The number of fused-ring (bicyclic) bond motifs is 1. The number of ether oxygens (including phenoxy) is 1. The SMILES string of the molecule is CNc1cn2ccnc2c(N2CCOCC2C(N)=O)n1. The van der Waals surface area contributed by atoms with Crippen molar-refractivity contribution < 1.29 is 9.53 Å². The minimum Gasteiger partial charge on any atom is -0.377 e. The highest BCUT2D eigenvalue weighted by atomic mass is 16.5. The average Bonchev–Trinajstić information content (AvgIpc) is 2.94. The molecule has 3 N–H and O–H groups in total. The van der Waals surface area contributed by atoms with Crippen molar-refractivity contribution in [2.45, 2.75) is 6.04 Å². The highest BCUT2D eigenvalue weighted by Crippen LogP contribution is 2.24. The molecule has 0 aliphatic carbocycles. The summed E-state index contributed by atoms with van der Waals surface area (Å²) in [6.07, 6.45) is 5.37. The van der Waals surface area contributed by atoms with Gasteiger partial charge in [-0.15, -0.1) is 0 Å². The summed E-state index contributed by atoms with van der Waals surface area (Å²) in [7, 11) is 1.79. The third-order valence-electron chi connectivity index (χ3n) is 3.34. The maximum atomic E-state index is 11.6. The molecule has 8 heteroatoms. The number of hydrogen-bond donors (Lipinski definition) is 2. The van der Waals surface area contributed by atoms with Gasteiger partial charge >= 0.3 is 0 Å². The van der Waals surface area contributed by atoms with E-state index in [1.165, 1.54) is 0 Å². The summed E-state index contributed by atoms with van der Waals surface area (Å²) in [5.74, 6) is 0.903. The summed E-state index contributed by atoms with van der Waals surface area (Å²) in [4.78, 5) is 22.3. The molecule has 0 spiro atoms. The Morgan fingerprint density at radius 2 is 2.45 bits per heavy atom. The van der Waals surface area contributed by atoms with Crippen molar-refractivity contribution in [3.05, 3.63) is 18.6 Å². The summed E-state index contributed by atoms with van der Waals surface area (Å²) in [6, 6.07) is -0.524. The van der Waals surface area contributed by atoms with Gasteiger partial charge < -0.3 is 25.1 Å². The van der Waals surface area contributed by atoms with E-state index >= 15 is 0 Å². The number of nitrogens with one attached hydrogen (secondary N) is 1. The smallest absolute Gasteiger partial charge is 0.242 e. The Labute approximate surface area is 115 Å². The molecule has 1 amide bonds. The highest BCUT2D eigenvalue weighted by molar-refractivity contribution is 5.85. The molecule has 3 heterocycles. The quantitative estimate of drug-likeness (QED) is 0.781. The fourth-order valence-electron chi connectivity index (χ4n) is 2.32. The van der Waals surface area contributed by atoms with Gasteiger partial charge in [0.25, 0.3) is 0 Å². The van der Waals surface area contributed by atoms with Gasteiger partial charge in [0.15, 0.2) is 11.5 Å². The van der Waals surface area contributed by atoms with Crippen LogP contribution in [0.2, 0.25) is 0 Å². The number of morpholine rings is 1. The van der Waals surface area contributed by atoms with Crippen molar-refractivity contribution >= 4 is 23.2 Å². The van der Waals surface area contributed by atoms with Crippen molar-refractivity contribution in [3.63, 3.8) is 0 Å². The maximum absolute atomic E-state index is 11.6. The first-order chi connectivity index (χ1) is 9.70. The predicted molar refractivity (Wildman–Crippen MR) is 73.7 cm³/mol. The minimum absolute atomic E-state index is 0.271. The summed E-state index contributed by atoms with van der Waals surface area (Å²) in [5, 5.41) is 3.00. The largest absolute Gasteiger partial charge is 0.377 e. The highest BCUT2D eigenvalue weighted by Gasteiger charge is 2.30. The molecular weight excluding hydrogens is 260 g/mol. The van der Waals surface area contributed by atoms with Crippen LogP contribution in [0.15, 0.2) is 18.6 Å². The second-order valence-corrected chi connectivity index (χ2v) is 4.54. The number of rotatable bonds is 3. The van der Waals surface area contributed by atoms with E-state index < -0.39 is 11.9 Å². The van der Waals surface area contributed by atoms with Gasteiger partial charge in [0.1, 0.15) is 11.9 Å². The van der Waals surface area contributed by atoms with Gasteiger partial charge in [-0.25, -0.2) is 9.97 Å². The first kappa shape index (κ1) is 12.7. The predicted octanol–water partition coefficient (Wildman–Crippen LogP) is -0.539. The molecule has 2 aromatic rings. The van der Waals surface area contributed by atoms with Crippen LogP contribution in [0, 0.1) is 0 Å². The van der Waals surface area contributed by atoms with Crippen LogP contribution in [0.25, 0.3) is 5.65 Å². The fourth-order valence-corrected chi connectivity index (χ4v) is 2.32. The molecule has 1 fully saturated rings. The van der Waals surface area contributed by atoms with Crippen LogP contribution in [-0.2, 0) is 9.53 Å². The molecule has 0 saturated carbocycles. The molecule has 3 rings (SSSR count). The van der Waals surface area contributed by atoms with Crippen LogP contribution in [0.4, 0.5) is 11.6 Å². The molecule has 0 radical (unpaired) electrons. The molecule has 2 aromatic heterocycles. The zero-order chi connectivity index (χ0) is 14.1. The van der Waals surface area contributed by atoms with E-state index in [4.69, 9.17) is 10.5 Å². The number of nitrogens with zero attached hydrogens (tertiary/aromatic N) is 4. The standard InChI is InChI=1S/C12H16N6O2/c1-14-9-6-17-3-2-15-11(17)12(16-9)18-4-5-20-7-8(18)10(13)19/h2-3,6,8,14H,4-5,7H2,1H3,(H2,13,19). The molecule has 1 saturated heterocycles. The second-order valence-electron chi connectivity index (χ2n) is 4.54. The van der Waals surface area contributed by atoms with Gasteiger partial charge in [0, 0.05) is 26.0 Å². The van der Waals surface area contributed by atoms with Crippen LogP contribution in [0.1, 0.15) is 0 Å². The topological polar surface area (TPSA) is 97.8 Å². The molecular formula is C12H16N6O2. The van der Waals surface area contributed by atoms with Gasteiger partial charge in [-0.3, -0.25) is 4.79 Å². The lowest BCUT2D eigenvalue weighted by atomic mass is 10.2. The molecule has 20 heavy (non-hydrogen) atoms. The Kier molecular flexibility index (Phi) is 3.15. The molecule has 1 atom stereocenters. The molecule has 1 aliphatic rings. The summed E-state index contributed by atoms with van der Waals surface area (Å²) in [6.45, 7) is 1.35. The van der Waals surface area contributed by atoms with Crippen LogP contribution in [-0.4, -0.2) is 53.1 Å². The molecule has 106 valence electrons. The van der Waals surface area contributed by atoms with E-state index in [-0.39, 0.29) is 6.61 Å². The number of carbonyl (C=O) groups excluding carboxylic acids is 1. The molecule has 1 aliphatic heterocycles. The number of aromatic nitrogens is 3. The Morgan fingerprint density at radius 3 is 3.20 bits per heavy atom. The number of primary amides is 1. The molecule has 0 aromatic carbocycles. The zero-order valence-electron chi connectivity index (χ0n) is 11.1. The van der Waals surface area contributed by atoms with Crippen molar-refractivity contribution in [1.82, 2.24) is 14.4 Å². The van der Waals surface area contributed by atoms with Crippen LogP contribution in [0.5, 0.6) is 0 Å². The number of amides is 1. The van der Waals surface area contributed by atoms with Crippen molar-refractivity contribution in [2.24, 2.45) is 5.73 Å². The number of carbonyl (C=O) groups is 1. The lowest BCUT2D eigenvalue weighted by Gasteiger charge is -2.34. The van der Waals surface area contributed by atoms with Crippen molar-refractivity contribution in [3.8, 4) is 0 Å². The van der Waals surface area contributed by atoms with Gasteiger partial charge in [0.05, 0.1) is 19.4 Å². The van der Waals surface area contributed by atoms with Crippen LogP contribution >= 0.6 is 0 Å². The first-order valence-electron chi connectivity index (χ1n) is 6.36. The van der Waals surface area contributed by atoms with Crippen molar-refractivity contribution in [1.29, 1.82) is 0 Å². The molecule has 0 bridgehead atoms. The van der Waals surface area contributed by atoms with E-state index in [0.717, 1.165) is 0 Å². The number of imidazole rings is 1. The average molecular weight is 276 g/mol. The van der Waals surface area contributed by atoms with Gasteiger partial charge in [0.2, 0.25) is 5.91 Å². The van der Waals surface area contributed by atoms with Gasteiger partial charge in [-0.1, -0.05) is 0 Å². The Bertz CT molecular complexity index is 640. The minimum atomic E-state index is -0.524. The third-order valence-corrected chi connectivity index (χ3v) is 3.34. The number of nitrogens with two attached hydrogens (primary N) is 1. The normalized spacial score (nSPS) is 19.2. The van der Waals surface area contributed by atoms with Gasteiger partial charge in [-0.05, 0) is 0 Å². The Morgan fingerprint density at radius 1 is 1.60 bits per heavy atom.